The first-order valence-corrected chi connectivity index (χ1v) is 18.4. The third kappa shape index (κ3) is 7.57. The number of aromatic nitrogens is 3. The highest BCUT2D eigenvalue weighted by atomic mass is 32.2. The lowest BCUT2D eigenvalue weighted by Crippen LogP contribution is -2.51. The van der Waals surface area contributed by atoms with E-state index in [-0.39, 0.29) is 22.8 Å². The van der Waals surface area contributed by atoms with Gasteiger partial charge in [0.25, 0.3) is 0 Å². The van der Waals surface area contributed by atoms with Gasteiger partial charge in [0.05, 0.1) is 11.8 Å². The van der Waals surface area contributed by atoms with Crippen LogP contribution in [0.15, 0.2) is 24.3 Å². The summed E-state index contributed by atoms with van der Waals surface area (Å²) in [5.41, 5.74) is 3.83. The fraction of sp³-hybridized carbons (Fsp3) is 0.531. The van der Waals surface area contributed by atoms with Crippen LogP contribution in [0.2, 0.25) is 0 Å². The summed E-state index contributed by atoms with van der Waals surface area (Å²) < 4.78 is 68.0. The predicted octanol–water partition coefficient (Wildman–Crippen LogP) is 5.15. The Labute approximate surface area is 276 Å². The van der Waals surface area contributed by atoms with Crippen molar-refractivity contribution in [2.45, 2.75) is 77.8 Å². The van der Waals surface area contributed by atoms with Crippen LogP contribution in [0.4, 0.5) is 19.0 Å². The van der Waals surface area contributed by atoms with Gasteiger partial charge in [0, 0.05) is 73.6 Å². The third-order valence-electron chi connectivity index (χ3n) is 9.21. The van der Waals surface area contributed by atoms with Gasteiger partial charge in [0.15, 0.2) is 0 Å². The predicted molar refractivity (Wildman–Crippen MR) is 178 cm³/mol. The van der Waals surface area contributed by atoms with Gasteiger partial charge in [-0.15, -0.1) is 11.3 Å². The lowest BCUT2D eigenvalue weighted by molar-refractivity contribution is -0.126. The Hall–Kier alpha value is -3.29. The van der Waals surface area contributed by atoms with E-state index in [2.05, 4.69) is 50.0 Å². The number of benzene rings is 1. The average Bonchev–Trinajstić information content (AvgIpc) is 3.58. The van der Waals surface area contributed by atoms with Crippen molar-refractivity contribution in [3.8, 4) is 6.07 Å². The minimum Gasteiger partial charge on any atom is -0.367 e. The number of nitrogens with zero attached hydrogens (tertiary/aromatic N) is 6. The van der Waals surface area contributed by atoms with Gasteiger partial charge in [0.1, 0.15) is 34.1 Å². The maximum absolute atomic E-state index is 13.1. The third-order valence-corrected chi connectivity index (χ3v) is 11.6. The van der Waals surface area contributed by atoms with Crippen LogP contribution >= 0.6 is 11.3 Å². The van der Waals surface area contributed by atoms with E-state index in [1.165, 1.54) is 5.56 Å². The topological polar surface area (TPSA) is 119 Å². The molecule has 4 aromatic rings. The number of aryl methyl sites for hydroxylation is 2. The second-order valence-electron chi connectivity index (χ2n) is 12.6. The molecule has 15 heteroatoms. The highest BCUT2D eigenvalue weighted by molar-refractivity contribution is 7.89. The van der Waals surface area contributed by atoms with E-state index >= 15 is 0 Å². The van der Waals surface area contributed by atoms with Crippen LogP contribution in [0.1, 0.15) is 54.2 Å². The first kappa shape index (κ1) is 33.6. The first-order chi connectivity index (χ1) is 22.3. The van der Waals surface area contributed by atoms with E-state index in [1.807, 2.05) is 29.4 Å². The summed E-state index contributed by atoms with van der Waals surface area (Å²) in [6.45, 7) is 9.99. The van der Waals surface area contributed by atoms with Crippen LogP contribution in [0, 0.1) is 18.3 Å². The van der Waals surface area contributed by atoms with Crippen molar-refractivity contribution in [2.24, 2.45) is 0 Å². The second kappa shape index (κ2) is 13.3. The lowest BCUT2D eigenvalue weighted by Gasteiger charge is -2.33. The molecule has 252 valence electrons. The Balaban J connectivity index is 1.12. The molecule has 0 radical (unpaired) electrons. The van der Waals surface area contributed by atoms with Crippen molar-refractivity contribution in [3.05, 3.63) is 51.8 Å². The second-order valence-corrected chi connectivity index (χ2v) is 15.5. The molecule has 1 atom stereocenters. The Morgan fingerprint density at radius 2 is 1.94 bits per heavy atom. The average molecular weight is 689 g/mol. The highest BCUT2D eigenvalue weighted by Gasteiger charge is 2.30. The molecule has 0 unspecified atom stereocenters. The van der Waals surface area contributed by atoms with Crippen LogP contribution in [0.3, 0.4) is 0 Å². The Morgan fingerprint density at radius 3 is 2.62 bits per heavy atom. The van der Waals surface area contributed by atoms with Gasteiger partial charge < -0.3 is 9.88 Å². The van der Waals surface area contributed by atoms with Gasteiger partial charge in [-0.3, -0.25) is 9.80 Å². The number of hydrogen-bond acceptors (Lipinski definition) is 9. The van der Waals surface area contributed by atoms with Gasteiger partial charge in [-0.05, 0) is 56.0 Å². The molecule has 3 aromatic heterocycles. The molecular weight excluding hydrogens is 650 g/mol. The van der Waals surface area contributed by atoms with Crippen molar-refractivity contribution in [2.75, 3.05) is 37.4 Å². The number of rotatable bonds is 9. The Kier molecular flexibility index (Phi) is 9.52. The number of nitriles is 1. The maximum atomic E-state index is 13.1. The monoisotopic (exact) mass is 688 g/mol. The molecule has 0 bridgehead atoms. The number of anilines is 1. The van der Waals surface area contributed by atoms with Gasteiger partial charge in [0.2, 0.25) is 10.0 Å². The lowest BCUT2D eigenvalue weighted by atomic mass is 10.0. The van der Waals surface area contributed by atoms with Gasteiger partial charge in [-0.25, -0.2) is 23.1 Å². The summed E-state index contributed by atoms with van der Waals surface area (Å²) in [6.07, 6.45) is -2.92. The number of fused-ring (bicyclic) bond motifs is 2. The largest absolute Gasteiger partial charge is 0.393 e. The van der Waals surface area contributed by atoms with Crippen LogP contribution in [0.25, 0.3) is 21.1 Å². The Morgan fingerprint density at radius 1 is 1.17 bits per heavy atom. The number of piperidine rings is 1. The smallest absolute Gasteiger partial charge is 0.367 e. The Bertz CT molecular complexity index is 1920. The summed E-state index contributed by atoms with van der Waals surface area (Å²) in [5.74, 6) is 1.18. The van der Waals surface area contributed by atoms with Crippen molar-refractivity contribution in [3.63, 3.8) is 0 Å². The summed E-state index contributed by atoms with van der Waals surface area (Å²) in [5, 5.41) is 15.2. The number of nitrogens with one attached hydrogen (secondary N) is 2. The zero-order chi connectivity index (χ0) is 33.5. The van der Waals surface area contributed by atoms with E-state index in [9.17, 15) is 26.9 Å². The minimum absolute atomic E-state index is 0.0509. The minimum atomic E-state index is -4.27. The van der Waals surface area contributed by atoms with Gasteiger partial charge in [-0.2, -0.15) is 18.4 Å². The number of likely N-dealkylation sites (tertiary alicyclic amines) is 1. The molecule has 2 N–H and O–H groups in total. The van der Waals surface area contributed by atoms with Crippen molar-refractivity contribution in [1.29, 1.82) is 5.26 Å². The number of alkyl halides is 3. The van der Waals surface area contributed by atoms with Crippen molar-refractivity contribution in [1.82, 2.24) is 29.1 Å². The first-order valence-electron chi connectivity index (χ1n) is 15.9. The van der Waals surface area contributed by atoms with Gasteiger partial charge >= 0.3 is 6.18 Å². The van der Waals surface area contributed by atoms with E-state index in [4.69, 9.17) is 0 Å². The molecule has 0 amide bonds. The molecule has 2 fully saturated rings. The number of thiophene rings is 1. The van der Waals surface area contributed by atoms with Crippen molar-refractivity contribution < 1.29 is 21.6 Å². The standard InChI is InChI=1S/C32H39F3N8O2S2/c1-4-29-39-30(27-14-25(15-32(33,34)35)46-31(27)40-29)38-23-7-10-41(11-8-23)18-22-5-6-28-26(21(22)3)13-24(16-36)43(28)17-20(2)42-12-9-37-47(44,45)19-42/h5-6,13-14,20,23,37H,4,7-12,15,17-19H2,1-3H3,(H,38,39,40)/t20-/m0/s1. The van der Waals surface area contributed by atoms with E-state index in [0.29, 0.717) is 53.6 Å². The van der Waals surface area contributed by atoms with E-state index in [0.717, 1.165) is 60.3 Å². The normalized spacial score (nSPS) is 18.9. The molecule has 2 aliphatic heterocycles. The molecule has 2 aliphatic rings. The van der Waals surface area contributed by atoms with Gasteiger partial charge in [-0.1, -0.05) is 13.0 Å². The molecule has 5 heterocycles. The van der Waals surface area contributed by atoms with Crippen LogP contribution in [-0.4, -0.2) is 83.1 Å². The fourth-order valence-corrected chi connectivity index (χ4v) is 9.01. The molecule has 0 saturated carbocycles. The molecule has 10 nitrogen and oxygen atoms in total. The number of hydrogen-bond donors (Lipinski definition) is 2. The molecule has 1 aromatic carbocycles. The summed E-state index contributed by atoms with van der Waals surface area (Å²) in [4.78, 5) is 14.3. The van der Waals surface area contributed by atoms with Crippen molar-refractivity contribution >= 4 is 48.3 Å². The molecule has 6 rings (SSSR count). The van der Waals surface area contributed by atoms with E-state index in [1.54, 1.807) is 6.07 Å². The highest BCUT2D eigenvalue weighted by Crippen LogP contribution is 2.34. The fourth-order valence-electron chi connectivity index (χ4n) is 6.62. The number of sulfonamides is 1. The molecular formula is C32H39F3N8O2S2. The quantitative estimate of drug-likeness (QED) is 0.248. The SMILES string of the molecule is CCc1nc(NC2CCN(Cc3ccc4c(cc(C#N)n4C[C@H](C)N4CCNS(=O)(=O)C4)c3C)CC2)c2cc(CC(F)(F)F)sc2n1. The zero-order valence-electron chi connectivity index (χ0n) is 26.7. The summed E-state index contributed by atoms with van der Waals surface area (Å²) in [6, 6.07) is 10.1. The molecule has 0 spiro atoms. The maximum Gasteiger partial charge on any atom is 0.393 e. The molecule has 0 aliphatic carbocycles. The summed E-state index contributed by atoms with van der Waals surface area (Å²) >= 11 is 1.08. The van der Waals surface area contributed by atoms with Crippen LogP contribution < -0.4 is 10.0 Å². The van der Waals surface area contributed by atoms with E-state index < -0.39 is 22.6 Å². The zero-order valence-corrected chi connectivity index (χ0v) is 28.3. The van der Waals surface area contributed by atoms with Crippen LogP contribution in [-0.2, 0) is 36.0 Å². The molecule has 47 heavy (non-hydrogen) atoms. The molecule has 2 saturated heterocycles. The summed E-state index contributed by atoms with van der Waals surface area (Å²) in [7, 11) is -3.32. The number of halogens is 3. The van der Waals surface area contributed by atoms with Crippen LogP contribution in [0.5, 0.6) is 0 Å².